The third kappa shape index (κ3) is 5.40. The lowest BCUT2D eigenvalue weighted by Gasteiger charge is -2.36. The lowest BCUT2D eigenvalue weighted by atomic mass is 10.3. The van der Waals surface area contributed by atoms with Crippen molar-refractivity contribution in [3.63, 3.8) is 0 Å². The molecule has 0 fully saturated rings. The largest absolute Gasteiger partial charge is 0.344 e. The average molecular weight is 446 g/mol. The van der Waals surface area contributed by atoms with Crippen molar-refractivity contribution in [2.24, 2.45) is 5.40 Å². The van der Waals surface area contributed by atoms with Crippen molar-refractivity contribution in [3.05, 3.63) is 48.5 Å². The zero-order valence-electron chi connectivity index (χ0n) is 19.9. The van der Waals surface area contributed by atoms with Gasteiger partial charge in [0.2, 0.25) is 0 Å². The first-order valence-corrected chi connectivity index (χ1v) is 16.6. The van der Waals surface area contributed by atoms with E-state index in [0.717, 1.165) is 0 Å². The Morgan fingerprint density at radius 1 is 0.586 bits per heavy atom. The van der Waals surface area contributed by atoms with Crippen molar-refractivity contribution in [1.82, 2.24) is 0 Å². The molecule has 1 nitrogen and oxygen atoms in total. The first-order chi connectivity index (χ1) is 13.5. The Kier molecular flexibility index (Phi) is 8.69. The summed E-state index contributed by atoms with van der Waals surface area (Å²) < 4.78 is 0. The second kappa shape index (κ2) is 10.2. The van der Waals surface area contributed by atoms with E-state index in [1.807, 2.05) is 0 Å². The van der Waals surface area contributed by atoms with Crippen LogP contribution >= 0.6 is 15.8 Å². The fraction of sp³-hybridized carbons (Fsp3) is 0.520. The zero-order valence-corrected chi connectivity index (χ0v) is 22.7. The molecule has 0 amide bonds. The van der Waals surface area contributed by atoms with Crippen LogP contribution in [-0.4, -0.2) is 30.9 Å². The summed E-state index contributed by atoms with van der Waals surface area (Å²) in [5, 5.41) is 13.4. The van der Waals surface area contributed by atoms with Gasteiger partial charge in [-0.2, -0.15) is 0 Å². The summed E-state index contributed by atoms with van der Waals surface area (Å²) in [7, 11) is -2.80. The van der Waals surface area contributed by atoms with E-state index in [-0.39, 0.29) is 15.8 Å². The molecule has 0 saturated carbocycles. The summed E-state index contributed by atoms with van der Waals surface area (Å²) in [6.45, 7) is 21.4. The molecule has 0 aromatic heterocycles. The molecule has 0 aliphatic heterocycles. The fourth-order valence-electron chi connectivity index (χ4n) is 4.73. The molecule has 29 heavy (non-hydrogen) atoms. The van der Waals surface area contributed by atoms with E-state index in [1.165, 1.54) is 21.0 Å². The van der Waals surface area contributed by atoms with Gasteiger partial charge in [-0.1, -0.05) is 120 Å². The molecule has 0 bridgehead atoms. The zero-order chi connectivity index (χ0) is 21.9. The second-order valence-corrected chi connectivity index (χ2v) is 19.6. The maximum atomic E-state index is 7.40. The van der Waals surface area contributed by atoms with E-state index in [0.29, 0.717) is 22.6 Å². The highest BCUT2D eigenvalue weighted by molar-refractivity contribution is 7.68. The molecule has 0 saturated heterocycles. The smallest absolute Gasteiger partial charge is 0.185 e. The molecule has 160 valence electrons. The van der Waals surface area contributed by atoms with Crippen LogP contribution in [0.4, 0.5) is 0 Å². The van der Waals surface area contributed by atoms with Gasteiger partial charge in [0.05, 0.1) is 0 Å². The molecular formula is C25H41NP2Si. The van der Waals surface area contributed by atoms with Gasteiger partial charge in [-0.3, -0.25) is 0 Å². The molecule has 0 atom stereocenters. The second-order valence-electron chi connectivity index (χ2n) is 9.43. The number of rotatable bonds is 8. The molecule has 4 heteroatoms. The minimum Gasteiger partial charge on any atom is -0.344 e. The number of hydrogen-bond donors (Lipinski definition) is 1. The van der Waals surface area contributed by atoms with Gasteiger partial charge in [0.15, 0.2) is 8.24 Å². The minimum atomic E-state index is -2.32. The Labute approximate surface area is 183 Å². The maximum absolute atomic E-state index is 7.40. The Balaban J connectivity index is 2.70. The van der Waals surface area contributed by atoms with Gasteiger partial charge >= 0.3 is 0 Å². The van der Waals surface area contributed by atoms with E-state index >= 15 is 0 Å². The standard InChI is InChI=1S/C25H41NP2Si/c1-18(2)27(19(3)4)22-14-10-12-16-24(22)29(9,26)25-17-13-11-15-23(25)28(20(5)6)21(7)8/h10-21H,26H2,1-9H3. The molecule has 0 heterocycles. The monoisotopic (exact) mass is 445 g/mol. The van der Waals surface area contributed by atoms with Crippen LogP contribution in [0.25, 0.3) is 0 Å². The number of benzene rings is 2. The van der Waals surface area contributed by atoms with Crippen LogP contribution < -0.4 is 26.4 Å². The topological polar surface area (TPSA) is 26.0 Å². The van der Waals surface area contributed by atoms with Crippen molar-refractivity contribution in [2.75, 3.05) is 0 Å². The Bertz CT molecular complexity index is 717. The predicted octanol–water partition coefficient (Wildman–Crippen LogP) is 5.18. The average Bonchev–Trinajstić information content (AvgIpc) is 2.61. The quantitative estimate of drug-likeness (QED) is 0.440. The fourth-order valence-corrected chi connectivity index (χ4v) is 15.1. The summed E-state index contributed by atoms with van der Waals surface area (Å²) in [6, 6.07) is 18.2. The number of nitrogens with two attached hydrogens (primary N) is 1. The van der Waals surface area contributed by atoms with Crippen LogP contribution in [0, 0.1) is 0 Å². The summed E-state index contributed by atoms with van der Waals surface area (Å²) in [5.74, 6) is 0. The lowest BCUT2D eigenvalue weighted by Crippen LogP contribution is -2.70. The summed E-state index contributed by atoms with van der Waals surface area (Å²) in [6.07, 6.45) is 0. The molecule has 0 unspecified atom stereocenters. The molecule has 2 aromatic rings. The van der Waals surface area contributed by atoms with Crippen LogP contribution in [-0.2, 0) is 0 Å². The third-order valence-corrected chi connectivity index (χ3v) is 15.6. The van der Waals surface area contributed by atoms with Crippen LogP contribution in [0.2, 0.25) is 6.55 Å². The van der Waals surface area contributed by atoms with Gasteiger partial charge in [-0.15, -0.1) is 0 Å². The van der Waals surface area contributed by atoms with E-state index in [4.69, 9.17) is 5.40 Å². The van der Waals surface area contributed by atoms with E-state index < -0.39 is 8.24 Å². The van der Waals surface area contributed by atoms with Crippen molar-refractivity contribution in [2.45, 2.75) is 84.6 Å². The highest BCUT2D eigenvalue weighted by Gasteiger charge is 2.36. The predicted molar refractivity (Wildman–Crippen MR) is 142 cm³/mol. The van der Waals surface area contributed by atoms with Gasteiger partial charge in [-0.05, 0) is 50.2 Å². The third-order valence-electron chi connectivity index (χ3n) is 5.71. The molecule has 0 spiro atoms. The van der Waals surface area contributed by atoms with E-state index in [9.17, 15) is 0 Å². The summed E-state index contributed by atoms with van der Waals surface area (Å²) in [4.78, 5) is 0. The van der Waals surface area contributed by atoms with Crippen molar-refractivity contribution < 1.29 is 0 Å². The molecule has 0 radical (unpaired) electrons. The van der Waals surface area contributed by atoms with Crippen LogP contribution in [0.1, 0.15) is 55.4 Å². The molecular weight excluding hydrogens is 404 g/mol. The van der Waals surface area contributed by atoms with Gasteiger partial charge in [0.25, 0.3) is 0 Å². The highest BCUT2D eigenvalue weighted by Crippen LogP contribution is 2.45. The molecule has 2 N–H and O–H groups in total. The highest BCUT2D eigenvalue weighted by atomic mass is 31.1. The Hall–Kier alpha value is -0.523. The molecule has 0 aliphatic carbocycles. The molecule has 2 aromatic carbocycles. The van der Waals surface area contributed by atoms with E-state index in [1.54, 1.807) is 0 Å². The van der Waals surface area contributed by atoms with Gasteiger partial charge < -0.3 is 5.40 Å². The van der Waals surface area contributed by atoms with Crippen LogP contribution in [0.15, 0.2) is 48.5 Å². The van der Waals surface area contributed by atoms with Crippen molar-refractivity contribution >= 4 is 45.1 Å². The number of hydrogen-bond acceptors (Lipinski definition) is 1. The van der Waals surface area contributed by atoms with Gasteiger partial charge in [-0.25, -0.2) is 0 Å². The Morgan fingerprint density at radius 2 is 0.862 bits per heavy atom. The first kappa shape index (κ1) is 24.7. The Morgan fingerprint density at radius 3 is 1.14 bits per heavy atom. The maximum Gasteiger partial charge on any atom is 0.185 e. The van der Waals surface area contributed by atoms with Crippen molar-refractivity contribution in [1.29, 1.82) is 0 Å². The SMILES string of the molecule is CC(C)P(c1ccccc1[Si](C)(N)c1ccccc1P(C(C)C)C(C)C)C(C)C. The molecule has 2 rings (SSSR count). The summed E-state index contributed by atoms with van der Waals surface area (Å²) >= 11 is 0. The first-order valence-electron chi connectivity index (χ1n) is 11.0. The van der Waals surface area contributed by atoms with Crippen molar-refractivity contribution in [3.8, 4) is 0 Å². The molecule has 0 aliphatic rings. The van der Waals surface area contributed by atoms with Crippen LogP contribution in [0.3, 0.4) is 0 Å². The summed E-state index contributed by atoms with van der Waals surface area (Å²) in [5.41, 5.74) is 2.65. The van der Waals surface area contributed by atoms with Gasteiger partial charge in [0.1, 0.15) is 0 Å². The lowest BCUT2D eigenvalue weighted by molar-refractivity contribution is 1.02. The normalized spacial score (nSPS) is 13.0. The van der Waals surface area contributed by atoms with E-state index in [2.05, 4.69) is 110 Å². The minimum absolute atomic E-state index is 0.239. The van der Waals surface area contributed by atoms with Gasteiger partial charge in [0, 0.05) is 0 Å². The van der Waals surface area contributed by atoms with Crippen LogP contribution in [0.5, 0.6) is 0 Å².